The number of nitrogens with zero attached hydrogens (tertiary/aromatic N) is 4. The molecule has 5 rings (SSSR count). The average Bonchev–Trinajstić information content (AvgIpc) is 3.40. The van der Waals surface area contributed by atoms with Crippen molar-refractivity contribution in [3.63, 3.8) is 0 Å². The first kappa shape index (κ1) is 16.4. The summed E-state index contributed by atoms with van der Waals surface area (Å²) in [6.07, 6.45) is 6.12. The molecular weight excluding hydrogens is 340 g/mol. The van der Waals surface area contributed by atoms with E-state index in [-0.39, 0.29) is 11.9 Å². The molecular formula is C21H22N4O2. The van der Waals surface area contributed by atoms with Crippen molar-refractivity contribution in [2.24, 2.45) is 5.92 Å². The van der Waals surface area contributed by atoms with Gasteiger partial charge in [-0.1, -0.05) is 6.07 Å². The molecule has 1 amide bonds. The Labute approximate surface area is 157 Å². The monoisotopic (exact) mass is 362 g/mol. The molecule has 1 fully saturated rings. The molecule has 0 saturated heterocycles. The number of hydrogen-bond acceptors (Lipinski definition) is 4. The zero-order chi connectivity index (χ0) is 18.2. The molecule has 27 heavy (non-hydrogen) atoms. The highest BCUT2D eigenvalue weighted by molar-refractivity contribution is 5.98. The van der Waals surface area contributed by atoms with Crippen LogP contribution in [0.15, 0.2) is 48.8 Å². The number of pyridine rings is 1. The van der Waals surface area contributed by atoms with Gasteiger partial charge >= 0.3 is 0 Å². The van der Waals surface area contributed by atoms with Crippen LogP contribution in [0.2, 0.25) is 0 Å². The number of amides is 1. The van der Waals surface area contributed by atoms with E-state index in [4.69, 9.17) is 4.74 Å². The van der Waals surface area contributed by atoms with E-state index >= 15 is 0 Å². The third-order valence-corrected chi connectivity index (χ3v) is 5.38. The Bertz CT molecular complexity index is 979. The summed E-state index contributed by atoms with van der Waals surface area (Å²) in [6.45, 7) is 2.60. The third kappa shape index (κ3) is 3.32. The summed E-state index contributed by atoms with van der Waals surface area (Å²) in [6, 6.07) is 11.6. The molecule has 1 aliphatic carbocycles. The SMILES string of the molecule is O=C(c1ccc2ncccc2c1)N1Cc2ccnn2C(COCC2CC2)C1. The van der Waals surface area contributed by atoms with E-state index in [9.17, 15) is 4.79 Å². The maximum absolute atomic E-state index is 13.1. The molecule has 0 spiro atoms. The number of carbonyl (C=O) groups is 1. The summed E-state index contributed by atoms with van der Waals surface area (Å²) >= 11 is 0. The van der Waals surface area contributed by atoms with Crippen LogP contribution >= 0.6 is 0 Å². The molecule has 3 heterocycles. The van der Waals surface area contributed by atoms with Crippen molar-refractivity contribution in [2.75, 3.05) is 19.8 Å². The zero-order valence-electron chi connectivity index (χ0n) is 15.1. The Hall–Kier alpha value is -2.73. The first-order valence-corrected chi connectivity index (χ1v) is 9.52. The highest BCUT2D eigenvalue weighted by atomic mass is 16.5. The van der Waals surface area contributed by atoms with E-state index in [0.717, 1.165) is 29.1 Å². The van der Waals surface area contributed by atoms with Crippen molar-refractivity contribution >= 4 is 16.8 Å². The molecule has 1 saturated carbocycles. The zero-order valence-corrected chi connectivity index (χ0v) is 15.1. The number of ether oxygens (including phenoxy) is 1. The first-order valence-electron chi connectivity index (χ1n) is 9.52. The molecule has 138 valence electrons. The van der Waals surface area contributed by atoms with Crippen LogP contribution in [0.25, 0.3) is 10.9 Å². The van der Waals surface area contributed by atoms with E-state index in [2.05, 4.69) is 10.1 Å². The number of fused-ring (bicyclic) bond motifs is 2. The largest absolute Gasteiger partial charge is 0.379 e. The lowest BCUT2D eigenvalue weighted by atomic mass is 10.1. The second-order valence-electron chi connectivity index (χ2n) is 7.50. The number of aromatic nitrogens is 3. The van der Waals surface area contributed by atoms with Gasteiger partial charge in [-0.2, -0.15) is 5.10 Å². The molecule has 1 unspecified atom stereocenters. The fraction of sp³-hybridized carbons (Fsp3) is 0.381. The third-order valence-electron chi connectivity index (χ3n) is 5.38. The highest BCUT2D eigenvalue weighted by Gasteiger charge is 2.30. The van der Waals surface area contributed by atoms with Gasteiger partial charge in [0.05, 0.1) is 30.4 Å². The summed E-state index contributed by atoms with van der Waals surface area (Å²) in [5, 5.41) is 5.43. The summed E-state index contributed by atoms with van der Waals surface area (Å²) in [4.78, 5) is 19.4. The van der Waals surface area contributed by atoms with Crippen LogP contribution in [0, 0.1) is 5.92 Å². The fourth-order valence-electron chi connectivity index (χ4n) is 3.71. The van der Waals surface area contributed by atoms with Crippen LogP contribution in [-0.4, -0.2) is 45.3 Å². The Morgan fingerprint density at radius 1 is 1.15 bits per heavy atom. The van der Waals surface area contributed by atoms with Gasteiger partial charge in [-0.3, -0.25) is 14.5 Å². The summed E-state index contributed by atoms with van der Waals surface area (Å²) in [5.41, 5.74) is 2.65. The van der Waals surface area contributed by atoms with Gasteiger partial charge in [0, 0.05) is 36.5 Å². The minimum atomic E-state index is 0.0420. The average molecular weight is 362 g/mol. The lowest BCUT2D eigenvalue weighted by Gasteiger charge is -2.34. The molecule has 0 bridgehead atoms. The van der Waals surface area contributed by atoms with Crippen molar-refractivity contribution in [1.29, 1.82) is 0 Å². The standard InChI is InChI=1S/C21H22N4O2/c26-21(17-5-6-20-16(10-17)2-1-8-22-20)24-11-18-7-9-23-25(18)19(12-24)14-27-13-15-3-4-15/h1-2,5-10,15,19H,3-4,11-14H2. The predicted molar refractivity (Wildman–Crippen MR) is 101 cm³/mol. The Morgan fingerprint density at radius 3 is 2.96 bits per heavy atom. The molecule has 0 radical (unpaired) electrons. The van der Waals surface area contributed by atoms with Crippen molar-refractivity contribution in [1.82, 2.24) is 19.7 Å². The normalized spacial score (nSPS) is 19.3. The Kier molecular flexibility index (Phi) is 4.13. The number of benzene rings is 1. The molecule has 1 aromatic carbocycles. The Morgan fingerprint density at radius 2 is 2.07 bits per heavy atom. The van der Waals surface area contributed by atoms with Crippen LogP contribution in [0.4, 0.5) is 0 Å². The van der Waals surface area contributed by atoms with E-state index in [1.807, 2.05) is 46.0 Å². The van der Waals surface area contributed by atoms with Crippen molar-refractivity contribution in [3.05, 3.63) is 60.0 Å². The molecule has 0 N–H and O–H groups in total. The van der Waals surface area contributed by atoms with Gasteiger partial charge in [-0.05, 0) is 49.1 Å². The van der Waals surface area contributed by atoms with E-state index in [1.54, 1.807) is 12.4 Å². The van der Waals surface area contributed by atoms with Crippen LogP contribution in [-0.2, 0) is 11.3 Å². The van der Waals surface area contributed by atoms with Gasteiger partial charge in [0.2, 0.25) is 0 Å². The van der Waals surface area contributed by atoms with Gasteiger partial charge in [0.1, 0.15) is 0 Å². The second-order valence-corrected chi connectivity index (χ2v) is 7.50. The van der Waals surface area contributed by atoms with Gasteiger partial charge < -0.3 is 9.64 Å². The molecule has 1 atom stereocenters. The maximum Gasteiger partial charge on any atom is 0.254 e. The van der Waals surface area contributed by atoms with Crippen molar-refractivity contribution in [2.45, 2.75) is 25.4 Å². The fourth-order valence-corrected chi connectivity index (χ4v) is 3.71. The van der Waals surface area contributed by atoms with Crippen molar-refractivity contribution < 1.29 is 9.53 Å². The van der Waals surface area contributed by atoms with Gasteiger partial charge in [0.15, 0.2) is 0 Å². The number of rotatable bonds is 5. The van der Waals surface area contributed by atoms with Crippen LogP contribution in [0.1, 0.15) is 34.9 Å². The quantitative estimate of drug-likeness (QED) is 0.700. The van der Waals surface area contributed by atoms with Crippen LogP contribution < -0.4 is 0 Å². The minimum Gasteiger partial charge on any atom is -0.379 e. The van der Waals surface area contributed by atoms with Gasteiger partial charge in [-0.25, -0.2) is 0 Å². The minimum absolute atomic E-state index is 0.0420. The summed E-state index contributed by atoms with van der Waals surface area (Å²) in [7, 11) is 0. The molecule has 2 aliphatic rings. The second kappa shape index (κ2) is 6.78. The van der Waals surface area contributed by atoms with E-state index in [0.29, 0.717) is 25.3 Å². The van der Waals surface area contributed by atoms with Crippen molar-refractivity contribution in [3.8, 4) is 0 Å². The molecule has 6 heteroatoms. The molecule has 2 aromatic heterocycles. The summed E-state index contributed by atoms with van der Waals surface area (Å²) in [5.74, 6) is 0.773. The maximum atomic E-state index is 13.1. The lowest BCUT2D eigenvalue weighted by Crippen LogP contribution is -2.42. The van der Waals surface area contributed by atoms with Crippen LogP contribution in [0.5, 0.6) is 0 Å². The van der Waals surface area contributed by atoms with E-state index in [1.165, 1.54) is 12.8 Å². The number of carbonyl (C=O) groups excluding carboxylic acids is 1. The number of hydrogen-bond donors (Lipinski definition) is 0. The van der Waals surface area contributed by atoms with E-state index < -0.39 is 0 Å². The van der Waals surface area contributed by atoms with Gasteiger partial charge in [-0.15, -0.1) is 0 Å². The lowest BCUT2D eigenvalue weighted by molar-refractivity contribution is 0.0467. The molecule has 6 nitrogen and oxygen atoms in total. The molecule has 3 aromatic rings. The predicted octanol–water partition coefficient (Wildman–Crippen LogP) is 3.06. The topological polar surface area (TPSA) is 60.2 Å². The van der Waals surface area contributed by atoms with Crippen LogP contribution in [0.3, 0.4) is 0 Å². The summed E-state index contributed by atoms with van der Waals surface area (Å²) < 4.78 is 7.92. The smallest absolute Gasteiger partial charge is 0.254 e. The Balaban J connectivity index is 1.36. The first-order chi connectivity index (χ1) is 13.3. The molecule has 1 aliphatic heterocycles. The highest BCUT2D eigenvalue weighted by Crippen LogP contribution is 2.30. The van der Waals surface area contributed by atoms with Gasteiger partial charge in [0.25, 0.3) is 5.91 Å².